The summed E-state index contributed by atoms with van der Waals surface area (Å²) in [6.45, 7) is 19.4. The average Bonchev–Trinajstić information content (AvgIpc) is 2.76. The highest BCUT2D eigenvalue weighted by Crippen LogP contribution is 2.26. The first-order valence-electron chi connectivity index (χ1n) is 14.8. The zero-order chi connectivity index (χ0) is 26.6. The van der Waals surface area contributed by atoms with Crippen molar-refractivity contribution in [2.24, 2.45) is 17.8 Å². The van der Waals surface area contributed by atoms with Crippen molar-refractivity contribution in [3.05, 3.63) is 0 Å². The fourth-order valence-electron chi connectivity index (χ4n) is 4.72. The number of thioether (sulfide) groups is 1. The second kappa shape index (κ2) is 21.4. The molecule has 0 aliphatic heterocycles. The molecule has 0 heterocycles. The van der Waals surface area contributed by atoms with Crippen LogP contribution in [0.5, 0.6) is 0 Å². The van der Waals surface area contributed by atoms with E-state index in [9.17, 15) is 5.11 Å². The third-order valence-electron chi connectivity index (χ3n) is 6.93. The minimum Gasteiger partial charge on any atom is -0.390 e. The lowest BCUT2D eigenvalue weighted by atomic mass is 9.89. The Morgan fingerprint density at radius 3 is 1.66 bits per heavy atom. The molecule has 3 atom stereocenters. The molecule has 0 aliphatic carbocycles. The first kappa shape index (κ1) is 35.4. The molecule has 4 nitrogen and oxygen atoms in total. The van der Waals surface area contributed by atoms with Crippen LogP contribution >= 0.6 is 11.8 Å². The fraction of sp³-hybridized carbons (Fsp3) is 1.00. The molecule has 0 spiro atoms. The number of rotatable bonds is 25. The maximum atomic E-state index is 10.8. The molecule has 0 rings (SSSR count). The number of hydrogen-bond acceptors (Lipinski definition) is 5. The number of hydrogen-bond donors (Lipinski definition) is 1. The van der Waals surface area contributed by atoms with Gasteiger partial charge in [0.15, 0.2) is 0 Å². The van der Waals surface area contributed by atoms with E-state index in [1.54, 1.807) is 0 Å². The summed E-state index contributed by atoms with van der Waals surface area (Å²) in [6, 6.07) is 0.876. The summed E-state index contributed by atoms with van der Waals surface area (Å²) < 4.78 is 17.8. The Balaban J connectivity index is 3.95. The predicted molar refractivity (Wildman–Crippen MR) is 157 cm³/mol. The minimum atomic E-state index is -2.51. The van der Waals surface area contributed by atoms with Crippen LogP contribution in [0, 0.1) is 17.8 Å². The first-order valence-corrected chi connectivity index (χ1v) is 17.9. The van der Waals surface area contributed by atoms with Crippen LogP contribution < -0.4 is 0 Å². The van der Waals surface area contributed by atoms with Crippen molar-refractivity contribution in [2.75, 3.05) is 31.3 Å². The average molecular weight is 535 g/mol. The number of aliphatic hydroxyl groups is 1. The fourth-order valence-corrected chi connectivity index (χ4v) is 8.73. The van der Waals surface area contributed by atoms with E-state index in [1.165, 1.54) is 44.9 Å². The van der Waals surface area contributed by atoms with E-state index in [0.717, 1.165) is 61.0 Å². The van der Waals surface area contributed by atoms with Gasteiger partial charge in [-0.3, -0.25) is 0 Å². The molecule has 35 heavy (non-hydrogen) atoms. The van der Waals surface area contributed by atoms with E-state index in [2.05, 4.69) is 27.7 Å². The van der Waals surface area contributed by atoms with Gasteiger partial charge < -0.3 is 18.4 Å². The molecule has 0 aromatic carbocycles. The molecule has 0 saturated heterocycles. The Morgan fingerprint density at radius 1 is 0.686 bits per heavy atom. The summed E-state index contributed by atoms with van der Waals surface area (Å²) in [7, 11) is -2.51. The van der Waals surface area contributed by atoms with E-state index >= 15 is 0 Å². The van der Waals surface area contributed by atoms with Gasteiger partial charge in [0, 0.05) is 25.9 Å². The van der Waals surface area contributed by atoms with Crippen molar-refractivity contribution in [1.29, 1.82) is 0 Å². The molecule has 3 unspecified atom stereocenters. The van der Waals surface area contributed by atoms with Crippen LogP contribution in [0.25, 0.3) is 0 Å². The van der Waals surface area contributed by atoms with Crippen LogP contribution in [0.15, 0.2) is 0 Å². The third kappa shape index (κ3) is 20.1. The van der Waals surface area contributed by atoms with Gasteiger partial charge in [-0.1, -0.05) is 79.1 Å². The van der Waals surface area contributed by atoms with Crippen molar-refractivity contribution >= 4 is 20.6 Å². The Bertz CT molecular complexity index is 459. The van der Waals surface area contributed by atoms with Gasteiger partial charge >= 0.3 is 8.80 Å². The van der Waals surface area contributed by atoms with Gasteiger partial charge in [-0.05, 0) is 76.2 Å². The van der Waals surface area contributed by atoms with Crippen molar-refractivity contribution < 1.29 is 18.4 Å². The van der Waals surface area contributed by atoms with Gasteiger partial charge in [-0.25, -0.2) is 0 Å². The zero-order valence-electron chi connectivity index (χ0n) is 24.8. The van der Waals surface area contributed by atoms with E-state index in [0.29, 0.717) is 19.8 Å². The smallest absolute Gasteiger partial charge is 0.390 e. The lowest BCUT2D eigenvalue weighted by Gasteiger charge is -2.28. The van der Waals surface area contributed by atoms with Crippen molar-refractivity contribution in [1.82, 2.24) is 0 Å². The highest BCUT2D eigenvalue weighted by molar-refractivity contribution is 7.99. The molecule has 212 valence electrons. The maximum Gasteiger partial charge on any atom is 0.500 e. The molecule has 0 saturated carbocycles. The molecule has 0 bridgehead atoms. The summed E-state index contributed by atoms with van der Waals surface area (Å²) in [5, 5.41) is 10.8. The van der Waals surface area contributed by atoms with Crippen LogP contribution in [-0.4, -0.2) is 50.8 Å². The van der Waals surface area contributed by atoms with Gasteiger partial charge in [0.1, 0.15) is 0 Å². The standard InChI is InChI=1S/C29H62O4SSi/c1-9-31-35(32-10-2,33-11-3)25-15-23-34-24-22-29(8,30)21-14-20-28(7)19-13-18-27(6)17-12-16-26(4)5/h26-28,30H,9-25H2,1-8H3. The predicted octanol–water partition coefficient (Wildman–Crippen LogP) is 8.74. The summed E-state index contributed by atoms with van der Waals surface area (Å²) in [4.78, 5) is 0. The maximum absolute atomic E-state index is 10.8. The van der Waals surface area contributed by atoms with Gasteiger partial charge in [0.25, 0.3) is 0 Å². The van der Waals surface area contributed by atoms with Gasteiger partial charge in [0.2, 0.25) is 0 Å². The van der Waals surface area contributed by atoms with E-state index in [4.69, 9.17) is 13.3 Å². The van der Waals surface area contributed by atoms with Crippen LogP contribution in [0.1, 0.15) is 126 Å². The monoisotopic (exact) mass is 534 g/mol. The normalized spacial score (nSPS) is 15.9. The third-order valence-corrected chi connectivity index (χ3v) is 11.2. The molecule has 0 aromatic rings. The highest BCUT2D eigenvalue weighted by atomic mass is 32.2. The molecule has 0 aromatic heterocycles. The Hall–Kier alpha value is 0.407. The highest BCUT2D eigenvalue weighted by Gasteiger charge is 2.39. The molecule has 0 amide bonds. The van der Waals surface area contributed by atoms with Gasteiger partial charge in [0.05, 0.1) is 5.60 Å². The molecule has 0 aliphatic rings. The van der Waals surface area contributed by atoms with Crippen LogP contribution in [0.2, 0.25) is 6.04 Å². The Kier molecular flexibility index (Phi) is 21.6. The SMILES string of the molecule is CCO[Si](CCCSCCC(C)(O)CCCC(C)CCCC(C)CCCC(C)C)(OCC)OCC. The lowest BCUT2D eigenvalue weighted by Crippen LogP contribution is -2.46. The molecule has 6 heteroatoms. The van der Waals surface area contributed by atoms with E-state index < -0.39 is 14.4 Å². The topological polar surface area (TPSA) is 47.9 Å². The summed E-state index contributed by atoms with van der Waals surface area (Å²) in [5.74, 6) is 4.55. The zero-order valence-corrected chi connectivity index (χ0v) is 26.6. The molecular weight excluding hydrogens is 472 g/mol. The molecule has 0 radical (unpaired) electrons. The summed E-state index contributed by atoms with van der Waals surface area (Å²) >= 11 is 1.93. The second-order valence-electron chi connectivity index (χ2n) is 11.3. The minimum absolute atomic E-state index is 0.544. The lowest BCUT2D eigenvalue weighted by molar-refractivity contribution is 0.0444. The Morgan fingerprint density at radius 2 is 1.17 bits per heavy atom. The van der Waals surface area contributed by atoms with Gasteiger partial charge in [-0.2, -0.15) is 11.8 Å². The van der Waals surface area contributed by atoms with Crippen LogP contribution in [0.3, 0.4) is 0 Å². The van der Waals surface area contributed by atoms with E-state index in [1.807, 2.05) is 39.5 Å². The summed E-state index contributed by atoms with van der Waals surface area (Å²) in [5.41, 5.74) is -0.544. The van der Waals surface area contributed by atoms with Crippen molar-refractivity contribution in [3.63, 3.8) is 0 Å². The molecule has 1 N–H and O–H groups in total. The first-order chi connectivity index (χ1) is 16.6. The molecule has 0 fully saturated rings. The van der Waals surface area contributed by atoms with Crippen molar-refractivity contribution in [3.8, 4) is 0 Å². The largest absolute Gasteiger partial charge is 0.500 e. The second-order valence-corrected chi connectivity index (χ2v) is 15.3. The van der Waals surface area contributed by atoms with E-state index in [-0.39, 0.29) is 0 Å². The quantitative estimate of drug-likeness (QED) is 0.0937. The van der Waals surface area contributed by atoms with Crippen molar-refractivity contribution in [2.45, 2.75) is 138 Å². The van der Waals surface area contributed by atoms with Gasteiger partial charge in [-0.15, -0.1) is 0 Å². The van der Waals surface area contributed by atoms with Crippen LogP contribution in [0.4, 0.5) is 0 Å². The Labute approximate surface area is 225 Å². The summed E-state index contributed by atoms with van der Waals surface area (Å²) in [6.07, 6.45) is 13.4. The molecular formula is C29H62O4SSi. The van der Waals surface area contributed by atoms with Crippen LogP contribution in [-0.2, 0) is 13.3 Å².